The summed E-state index contributed by atoms with van der Waals surface area (Å²) >= 11 is 0. The fourth-order valence-electron chi connectivity index (χ4n) is 3.47. The normalized spacial score (nSPS) is 15.9. The Labute approximate surface area is 145 Å². The van der Waals surface area contributed by atoms with Crippen molar-refractivity contribution in [2.24, 2.45) is 5.41 Å². The molecule has 0 aliphatic heterocycles. The average Bonchev–Trinajstić information content (AvgIpc) is 2.81. The summed E-state index contributed by atoms with van der Waals surface area (Å²) in [4.78, 5) is 25.7. The molecule has 0 bridgehead atoms. The van der Waals surface area contributed by atoms with Gasteiger partial charge in [0.1, 0.15) is 5.41 Å². The number of hydrogen-bond donors (Lipinski definition) is 0. The van der Waals surface area contributed by atoms with E-state index in [1.807, 2.05) is 18.2 Å². The molecule has 0 amide bonds. The van der Waals surface area contributed by atoms with Crippen LogP contribution in [0.25, 0.3) is 0 Å². The van der Waals surface area contributed by atoms with Gasteiger partial charge in [0.2, 0.25) is 0 Å². The third-order valence-electron chi connectivity index (χ3n) is 4.89. The van der Waals surface area contributed by atoms with Crippen molar-refractivity contribution in [2.45, 2.75) is 58.3 Å². The first-order chi connectivity index (χ1) is 11.7. The zero-order valence-corrected chi connectivity index (χ0v) is 14.7. The van der Waals surface area contributed by atoms with E-state index in [-0.39, 0.29) is 11.6 Å². The molecule has 1 aliphatic rings. The molecule has 0 N–H and O–H groups in total. The largest absolute Gasteiger partial charge is 0.293 e. The predicted octanol–water partition coefficient (Wildman–Crippen LogP) is 5.93. The first-order valence-electron chi connectivity index (χ1n) is 9.12. The van der Waals surface area contributed by atoms with Crippen LogP contribution in [0.3, 0.4) is 0 Å². The standard InChI is InChI=1S/C22H28O2/c1-3-5-6-7-8-9-10-13-17-22(16-4-2)20(23)18-14-11-12-15-19(18)21(22)24/h4,10-15H,2-3,5-9,16-17H2,1H3/b13-10+. The molecule has 1 aliphatic carbocycles. The molecule has 0 unspecified atom stereocenters. The molecule has 0 fully saturated rings. The number of allylic oxidation sites excluding steroid dienone is 3. The highest BCUT2D eigenvalue weighted by Gasteiger charge is 2.50. The number of rotatable bonds is 10. The Hall–Kier alpha value is -1.96. The Kier molecular flexibility index (Phi) is 6.72. The van der Waals surface area contributed by atoms with Gasteiger partial charge in [-0.2, -0.15) is 0 Å². The van der Waals surface area contributed by atoms with Crippen LogP contribution >= 0.6 is 0 Å². The molecule has 0 spiro atoms. The van der Waals surface area contributed by atoms with Crippen molar-refractivity contribution in [3.63, 3.8) is 0 Å². The van der Waals surface area contributed by atoms with E-state index in [4.69, 9.17) is 0 Å². The van der Waals surface area contributed by atoms with Gasteiger partial charge < -0.3 is 0 Å². The van der Waals surface area contributed by atoms with E-state index in [2.05, 4.69) is 19.6 Å². The SMILES string of the molecule is C=CCC1(C/C=C/CCCCCCC)C(=O)c2ccccc2C1=O. The fourth-order valence-corrected chi connectivity index (χ4v) is 3.47. The van der Waals surface area contributed by atoms with E-state index in [0.717, 1.165) is 6.42 Å². The van der Waals surface area contributed by atoms with Gasteiger partial charge in [-0.05, 0) is 25.7 Å². The Morgan fingerprint density at radius 3 is 2.12 bits per heavy atom. The van der Waals surface area contributed by atoms with Crippen molar-refractivity contribution in [1.82, 2.24) is 0 Å². The molecular weight excluding hydrogens is 296 g/mol. The number of carbonyl (C=O) groups is 2. The Bertz CT molecular complexity index is 590. The molecule has 0 heterocycles. The fraction of sp³-hybridized carbons (Fsp3) is 0.455. The molecule has 0 atom stereocenters. The maximum absolute atomic E-state index is 12.9. The lowest BCUT2D eigenvalue weighted by molar-refractivity contribution is 0.0703. The van der Waals surface area contributed by atoms with E-state index in [1.54, 1.807) is 18.2 Å². The molecule has 0 aromatic heterocycles. The van der Waals surface area contributed by atoms with Crippen molar-refractivity contribution in [3.05, 3.63) is 60.2 Å². The second-order valence-corrected chi connectivity index (χ2v) is 6.66. The quantitative estimate of drug-likeness (QED) is 0.303. The van der Waals surface area contributed by atoms with Crippen molar-refractivity contribution in [3.8, 4) is 0 Å². The van der Waals surface area contributed by atoms with Gasteiger partial charge in [-0.1, -0.05) is 75.1 Å². The molecule has 2 nitrogen and oxygen atoms in total. The number of hydrogen-bond acceptors (Lipinski definition) is 2. The predicted molar refractivity (Wildman–Crippen MR) is 99.5 cm³/mol. The summed E-state index contributed by atoms with van der Waals surface area (Å²) in [5.74, 6) is -0.0915. The molecule has 1 aromatic rings. The summed E-state index contributed by atoms with van der Waals surface area (Å²) in [5.41, 5.74) is 0.166. The van der Waals surface area contributed by atoms with Crippen LogP contribution in [0, 0.1) is 5.41 Å². The van der Waals surface area contributed by atoms with Crippen molar-refractivity contribution in [1.29, 1.82) is 0 Å². The van der Waals surface area contributed by atoms with Crippen molar-refractivity contribution < 1.29 is 9.59 Å². The highest BCUT2D eigenvalue weighted by atomic mass is 16.2. The van der Waals surface area contributed by atoms with E-state index >= 15 is 0 Å². The topological polar surface area (TPSA) is 34.1 Å². The van der Waals surface area contributed by atoms with Crippen LogP contribution in [0.4, 0.5) is 0 Å². The first kappa shape index (κ1) is 18.4. The zero-order valence-electron chi connectivity index (χ0n) is 14.7. The monoisotopic (exact) mass is 324 g/mol. The molecule has 0 saturated heterocycles. The van der Waals surface area contributed by atoms with Crippen LogP contribution in [0.1, 0.15) is 79.0 Å². The van der Waals surface area contributed by atoms with Gasteiger partial charge >= 0.3 is 0 Å². The molecule has 2 heteroatoms. The van der Waals surface area contributed by atoms with Gasteiger partial charge in [0.15, 0.2) is 11.6 Å². The smallest absolute Gasteiger partial charge is 0.178 e. The summed E-state index contributed by atoms with van der Waals surface area (Å²) in [6, 6.07) is 7.16. The molecule has 24 heavy (non-hydrogen) atoms. The highest BCUT2D eigenvalue weighted by molar-refractivity contribution is 6.29. The van der Waals surface area contributed by atoms with Crippen LogP contribution in [-0.4, -0.2) is 11.6 Å². The third-order valence-corrected chi connectivity index (χ3v) is 4.89. The minimum atomic E-state index is -0.968. The second-order valence-electron chi connectivity index (χ2n) is 6.66. The number of unbranched alkanes of at least 4 members (excludes halogenated alkanes) is 5. The van der Waals surface area contributed by atoms with E-state index in [9.17, 15) is 9.59 Å². The third kappa shape index (κ3) is 3.75. The zero-order chi connectivity index (χ0) is 17.4. The van der Waals surface area contributed by atoms with Gasteiger partial charge in [0.25, 0.3) is 0 Å². The number of Topliss-reactive ketones (excluding diaryl/α,β-unsaturated/α-hetero) is 2. The number of fused-ring (bicyclic) bond motifs is 1. The number of benzene rings is 1. The van der Waals surface area contributed by atoms with Crippen LogP contribution in [0.5, 0.6) is 0 Å². The summed E-state index contributed by atoms with van der Waals surface area (Å²) in [5, 5.41) is 0. The second kappa shape index (κ2) is 8.77. The highest BCUT2D eigenvalue weighted by Crippen LogP contribution is 2.42. The van der Waals surface area contributed by atoms with E-state index in [0.29, 0.717) is 24.0 Å². The summed E-state index contributed by atoms with van der Waals surface area (Å²) in [7, 11) is 0. The van der Waals surface area contributed by atoms with Crippen molar-refractivity contribution in [2.75, 3.05) is 0 Å². The number of carbonyl (C=O) groups excluding carboxylic acids is 2. The minimum Gasteiger partial charge on any atom is -0.293 e. The van der Waals surface area contributed by atoms with Crippen molar-refractivity contribution >= 4 is 11.6 Å². The molecule has 0 saturated carbocycles. The maximum Gasteiger partial charge on any atom is 0.178 e. The molecule has 1 aromatic carbocycles. The van der Waals surface area contributed by atoms with Gasteiger partial charge in [0.05, 0.1) is 0 Å². The van der Waals surface area contributed by atoms with Crippen LogP contribution in [0.15, 0.2) is 49.1 Å². The minimum absolute atomic E-state index is 0.0457. The Morgan fingerprint density at radius 1 is 0.917 bits per heavy atom. The lowest BCUT2D eigenvalue weighted by Crippen LogP contribution is -2.32. The average molecular weight is 324 g/mol. The van der Waals surface area contributed by atoms with Crippen LogP contribution in [-0.2, 0) is 0 Å². The van der Waals surface area contributed by atoms with Gasteiger partial charge in [-0.15, -0.1) is 6.58 Å². The Morgan fingerprint density at radius 2 is 1.54 bits per heavy atom. The first-order valence-corrected chi connectivity index (χ1v) is 9.12. The molecule has 0 radical (unpaired) electrons. The summed E-state index contributed by atoms with van der Waals surface area (Å²) < 4.78 is 0. The molecular formula is C22H28O2. The van der Waals surface area contributed by atoms with Gasteiger partial charge in [0, 0.05) is 11.1 Å². The summed E-state index contributed by atoms with van der Waals surface area (Å²) in [6.07, 6.45) is 14.0. The lowest BCUT2D eigenvalue weighted by Gasteiger charge is -2.22. The summed E-state index contributed by atoms with van der Waals surface area (Å²) in [6.45, 7) is 5.97. The van der Waals surface area contributed by atoms with Crippen LogP contribution < -0.4 is 0 Å². The van der Waals surface area contributed by atoms with Crippen LogP contribution in [0.2, 0.25) is 0 Å². The van der Waals surface area contributed by atoms with Gasteiger partial charge in [-0.25, -0.2) is 0 Å². The Balaban J connectivity index is 2.01. The molecule has 128 valence electrons. The maximum atomic E-state index is 12.9. The number of ketones is 2. The molecule has 2 rings (SSSR count). The van der Waals surface area contributed by atoms with E-state index in [1.165, 1.54) is 32.1 Å². The lowest BCUT2D eigenvalue weighted by atomic mass is 9.76. The van der Waals surface area contributed by atoms with E-state index < -0.39 is 5.41 Å². The van der Waals surface area contributed by atoms with Gasteiger partial charge in [-0.3, -0.25) is 9.59 Å².